The van der Waals surface area contributed by atoms with Crippen molar-refractivity contribution in [2.75, 3.05) is 33.7 Å². The molecule has 1 saturated heterocycles. The molecule has 0 amide bonds. The summed E-state index contributed by atoms with van der Waals surface area (Å²) < 4.78 is 10.1. The molecule has 86 heavy (non-hydrogen) atoms. The van der Waals surface area contributed by atoms with E-state index in [9.17, 15) is 0 Å². The first-order valence-electron chi connectivity index (χ1n) is 31.6. The number of hydrogen-bond donors (Lipinski definition) is 0. The smallest absolute Gasteiger partial charge is 0.253 e. The highest BCUT2D eigenvalue weighted by atomic mass is 32.2. The van der Waals surface area contributed by atoms with Crippen molar-refractivity contribution in [1.29, 1.82) is 0 Å². The maximum absolute atomic E-state index is 2.68. The Morgan fingerprint density at radius 1 is 0.477 bits per heavy atom. The number of hydrogen-bond acceptors (Lipinski definition) is 2. The maximum atomic E-state index is 2.68. The van der Waals surface area contributed by atoms with Crippen molar-refractivity contribution >= 4 is 61.6 Å². The summed E-state index contributed by atoms with van der Waals surface area (Å²) in [6.07, 6.45) is 4.47. The zero-order valence-corrected chi connectivity index (χ0v) is 63.8. The average Bonchev–Trinajstić information content (AvgIpc) is 3.65. The maximum Gasteiger partial charge on any atom is 0.253 e. The van der Waals surface area contributed by atoms with Crippen molar-refractivity contribution < 1.29 is 13.6 Å². The Kier molecular flexibility index (Phi) is 50.8. The van der Waals surface area contributed by atoms with Crippen LogP contribution in [-0.4, -0.2) is 131 Å². The monoisotopic (exact) mass is 1230 g/mol. The lowest BCUT2D eigenvalue weighted by Crippen LogP contribution is -2.64. The van der Waals surface area contributed by atoms with E-state index >= 15 is 0 Å². The van der Waals surface area contributed by atoms with Gasteiger partial charge >= 0.3 is 0 Å². The number of aromatic nitrogens is 3. The van der Waals surface area contributed by atoms with Gasteiger partial charge in [0.25, 0.3) is 5.82 Å². The summed E-state index contributed by atoms with van der Waals surface area (Å²) in [5, 5.41) is 0. The van der Waals surface area contributed by atoms with Crippen LogP contribution in [0.2, 0.25) is 0 Å². The molecule has 2 aromatic heterocycles. The molecule has 2 fully saturated rings. The predicted octanol–water partition coefficient (Wildman–Crippen LogP) is 9.81. The van der Waals surface area contributed by atoms with E-state index in [2.05, 4.69) is 334 Å². The minimum absolute atomic E-state index is 0. The standard InChI is InChI=1S/C14H31N2.C14H22.C12H24.C11H18N.C8H15N2.C6H16NS.2C4H10.6BH4/c1-11(2)15-12(3,4)13(5,6)16(9,10)14(15,7)8;1-8(2)14-12(6)10(4)9(3)11(5)13(14)7;1-7(2)12-10(5)8(3)9(4)11(12)6;1-7-8(2)10(4)12(6)11(5)9(7)3;1-6-7(2)10(5)8(3)9(6)4;1-6(2)7(3)8(4)5;2*1-4(2)3;;;;;;/h11H,1-10H3;8H,1-7H3;7-12H,1-6H3;1-6H3;1-5H3;6H,1-5H3;2*4H,1-3H3;6*1H4/q+1;;;3*+1;;;6*-1. The summed E-state index contributed by atoms with van der Waals surface area (Å²) >= 11 is 0.443. The number of rotatable bonds is 5. The second-order valence-electron chi connectivity index (χ2n) is 29.8. The topological polar surface area (TPSA) is 19.2 Å². The minimum Gasteiger partial charge on any atom is -0.306 e. The highest BCUT2D eigenvalue weighted by molar-refractivity contribution is 7.93. The zero-order valence-electron chi connectivity index (χ0n) is 62.9. The lowest BCUT2D eigenvalue weighted by atomic mass is 9.81. The van der Waals surface area contributed by atoms with Gasteiger partial charge in [-0.25, -0.2) is 18.6 Å². The molecule has 0 radical (unpaired) electrons. The van der Waals surface area contributed by atoms with Gasteiger partial charge in [-0.2, -0.15) is 0 Å². The molecule has 1 aliphatic heterocycles. The van der Waals surface area contributed by atoms with Crippen LogP contribution in [0.25, 0.3) is 0 Å². The Morgan fingerprint density at radius 2 is 0.767 bits per heavy atom. The third-order valence-corrected chi connectivity index (χ3v) is 22.7. The summed E-state index contributed by atoms with van der Waals surface area (Å²) in [7, 11) is 13.2. The molecule has 1 aliphatic carbocycles. The Balaban J connectivity index is -0.000000115. The van der Waals surface area contributed by atoms with Crippen molar-refractivity contribution in [1.82, 2.24) is 13.8 Å². The Hall–Kier alpha value is -1.80. The van der Waals surface area contributed by atoms with Crippen LogP contribution in [0.4, 0.5) is 0 Å². The van der Waals surface area contributed by atoms with E-state index in [0.29, 0.717) is 29.1 Å². The van der Waals surface area contributed by atoms with Gasteiger partial charge in [0.05, 0.1) is 44.8 Å². The summed E-state index contributed by atoms with van der Waals surface area (Å²) in [4.78, 5) is 2.68. The van der Waals surface area contributed by atoms with Gasteiger partial charge in [-0.3, -0.25) is 0 Å². The van der Waals surface area contributed by atoms with E-state index in [-0.39, 0.29) is 67.2 Å². The SMILES string of the molecule is CC(C)C.CC(C)C.CC(C)C1C(C)C(C)C(C)C1C.CC(C)N(C)[S+](C)C.CC(C)N1C(C)(C)C(C)(C)[N+](C)(C)C1(C)C.Cc1c(C)[n+](C)c(C)n1C.Cc1c(C)c(C)[n+](C)c(C)c1C.Cc1c(C)c(C)c(C(C)C)c(C)c1C.[BH4-].[BH4-].[BH4-].[BH4-].[BH4-].[BH4-]. The molecular formula is C73H170B6N6S-2. The van der Waals surface area contributed by atoms with E-state index in [4.69, 9.17) is 0 Å². The van der Waals surface area contributed by atoms with Gasteiger partial charge in [-0.15, -0.1) is 4.31 Å². The molecule has 13 heteroatoms. The molecule has 0 bridgehead atoms. The van der Waals surface area contributed by atoms with Gasteiger partial charge in [0.1, 0.15) is 36.5 Å². The average molecular weight is 1230 g/mol. The molecule has 2 aliphatic rings. The van der Waals surface area contributed by atoms with E-state index in [0.717, 1.165) is 51.8 Å². The summed E-state index contributed by atoms with van der Waals surface area (Å²) in [5.74, 6) is 9.12. The van der Waals surface area contributed by atoms with Crippen LogP contribution >= 0.6 is 0 Å². The predicted molar refractivity (Wildman–Crippen MR) is 434 cm³/mol. The lowest BCUT2D eigenvalue weighted by molar-refractivity contribution is -0.974. The van der Waals surface area contributed by atoms with Crippen LogP contribution < -0.4 is 9.13 Å². The van der Waals surface area contributed by atoms with Gasteiger partial charge in [-0.1, -0.05) is 147 Å². The molecule has 4 unspecified atom stereocenters. The first-order chi connectivity index (χ1) is 35.7. The molecule has 0 N–H and O–H groups in total. The third kappa shape index (κ3) is 25.7. The number of pyridine rings is 1. The van der Waals surface area contributed by atoms with Crippen LogP contribution in [0.5, 0.6) is 0 Å². The fourth-order valence-corrected chi connectivity index (χ4v) is 13.7. The van der Waals surface area contributed by atoms with Gasteiger partial charge in [0.15, 0.2) is 17.1 Å². The van der Waals surface area contributed by atoms with E-state index < -0.39 is 0 Å². The van der Waals surface area contributed by atoms with E-state index in [1.807, 2.05) is 0 Å². The van der Waals surface area contributed by atoms with Crippen LogP contribution in [0.1, 0.15) is 251 Å². The number of quaternary nitrogens is 1. The summed E-state index contributed by atoms with van der Waals surface area (Å²) in [6, 6.07) is 1.26. The molecule has 3 aromatic rings. The molecule has 3 heterocycles. The highest BCUT2D eigenvalue weighted by Gasteiger charge is 2.69. The number of nitrogens with zero attached hydrogens (tertiary/aromatic N) is 6. The van der Waals surface area contributed by atoms with Crippen molar-refractivity contribution in [3.8, 4) is 0 Å². The number of likely N-dealkylation sites (N-methyl/N-ethyl adjacent to an activating group) is 1. The molecule has 4 atom stereocenters. The fraction of sp³-hybridized carbons (Fsp3) is 0.808. The third-order valence-electron chi connectivity index (χ3n) is 21.1. The van der Waals surface area contributed by atoms with Crippen molar-refractivity contribution in [3.63, 3.8) is 0 Å². The summed E-state index contributed by atoms with van der Waals surface area (Å²) in [6.45, 7) is 84.0. The van der Waals surface area contributed by atoms with Crippen LogP contribution in [0, 0.1) is 137 Å². The van der Waals surface area contributed by atoms with Crippen molar-refractivity contribution in [2.24, 2.45) is 68.5 Å². The van der Waals surface area contributed by atoms with Gasteiger partial charge in [0, 0.05) is 78.7 Å². The Bertz CT molecular complexity index is 2070. The quantitative estimate of drug-likeness (QED) is 0.110. The summed E-state index contributed by atoms with van der Waals surface area (Å²) in [5.41, 5.74) is 19.2. The van der Waals surface area contributed by atoms with Crippen molar-refractivity contribution in [2.45, 2.75) is 291 Å². The highest BCUT2D eigenvalue weighted by Crippen LogP contribution is 2.53. The second-order valence-corrected chi connectivity index (χ2v) is 31.9. The zero-order chi connectivity index (χ0) is 64.9. The normalized spacial score (nSPS) is 19.0. The lowest BCUT2D eigenvalue weighted by Gasteiger charge is -2.48. The first kappa shape index (κ1) is 103. The Labute approximate surface area is 557 Å². The molecule has 1 aromatic carbocycles. The first-order valence-corrected chi connectivity index (χ1v) is 33.6. The minimum atomic E-state index is 0. The van der Waals surface area contributed by atoms with Crippen LogP contribution in [0.15, 0.2) is 0 Å². The van der Waals surface area contributed by atoms with Gasteiger partial charge in [0.2, 0.25) is 0 Å². The largest absolute Gasteiger partial charge is 0.306 e. The molecule has 6 nitrogen and oxygen atoms in total. The van der Waals surface area contributed by atoms with E-state index in [1.54, 1.807) is 5.56 Å². The molecular weight excluding hydrogens is 1060 g/mol. The van der Waals surface area contributed by atoms with Crippen LogP contribution in [-0.2, 0) is 32.2 Å². The molecule has 0 spiro atoms. The van der Waals surface area contributed by atoms with Gasteiger partial charge < -0.3 is 4.48 Å². The van der Waals surface area contributed by atoms with Crippen molar-refractivity contribution in [3.05, 3.63) is 78.7 Å². The fourth-order valence-electron chi connectivity index (χ4n) is 12.8. The van der Waals surface area contributed by atoms with Crippen LogP contribution in [0.3, 0.4) is 0 Å². The number of imidazole rings is 1. The number of benzene rings is 1. The molecule has 1 saturated carbocycles. The second kappa shape index (κ2) is 42.4. The molecule has 5 rings (SSSR count). The van der Waals surface area contributed by atoms with Gasteiger partial charge in [-0.05, 0) is 203 Å². The molecule has 518 valence electrons. The Morgan fingerprint density at radius 3 is 0.919 bits per heavy atom. The van der Waals surface area contributed by atoms with E-state index in [1.165, 1.54) is 73.1 Å².